The zero-order chi connectivity index (χ0) is 9.14. The van der Waals surface area contributed by atoms with Crippen LogP contribution in [0.15, 0.2) is 12.2 Å². The molecule has 0 saturated carbocycles. The summed E-state index contributed by atoms with van der Waals surface area (Å²) in [6.07, 6.45) is 2.78. The lowest BCUT2D eigenvalue weighted by molar-refractivity contribution is -0.120. The van der Waals surface area contributed by atoms with Crippen LogP contribution in [-0.2, 0) is 9.47 Å². The number of allylic oxidation sites excluding steroid dienone is 1. The van der Waals surface area contributed by atoms with Crippen LogP contribution >= 0.6 is 0 Å². The van der Waals surface area contributed by atoms with Crippen molar-refractivity contribution in [3.8, 4) is 0 Å². The van der Waals surface area contributed by atoms with Crippen LogP contribution in [-0.4, -0.2) is 30.7 Å². The van der Waals surface area contributed by atoms with E-state index in [2.05, 4.69) is 0 Å². The fraction of sp³-hybridized carbons (Fsp3) is 0.778. The van der Waals surface area contributed by atoms with Crippen molar-refractivity contribution in [1.82, 2.24) is 0 Å². The second-order valence-electron chi connectivity index (χ2n) is 3.08. The van der Waals surface area contributed by atoms with Crippen LogP contribution in [0, 0.1) is 5.92 Å². The van der Waals surface area contributed by atoms with Crippen LogP contribution in [0.2, 0.25) is 0 Å². The molecule has 12 heavy (non-hydrogen) atoms. The third-order valence-corrected chi connectivity index (χ3v) is 2.21. The number of hydrogen-bond donors (Lipinski definition) is 1. The molecule has 2 unspecified atom stereocenters. The highest BCUT2D eigenvalue weighted by molar-refractivity contribution is 4.97. The van der Waals surface area contributed by atoms with Crippen molar-refractivity contribution in [3.63, 3.8) is 0 Å². The summed E-state index contributed by atoms with van der Waals surface area (Å²) in [6.45, 7) is 3.82. The van der Waals surface area contributed by atoms with Gasteiger partial charge in [0, 0.05) is 13.0 Å². The Hall–Kier alpha value is -0.380. The molecule has 4 atom stereocenters. The maximum atomic E-state index is 9.63. The van der Waals surface area contributed by atoms with Gasteiger partial charge in [-0.05, 0) is 6.92 Å². The van der Waals surface area contributed by atoms with E-state index >= 15 is 0 Å². The maximum absolute atomic E-state index is 9.63. The van der Waals surface area contributed by atoms with Crippen LogP contribution in [0.3, 0.4) is 0 Å². The third kappa shape index (κ3) is 1.68. The predicted molar refractivity (Wildman–Crippen MR) is 45.7 cm³/mol. The average Bonchev–Trinajstić information content (AvgIpc) is 2.33. The number of aliphatic hydroxyl groups is 1. The summed E-state index contributed by atoms with van der Waals surface area (Å²) >= 11 is 0. The SMILES string of the molecule is C/C=C/C1OC(OC)[C@@H](C)[C@H]1O. The fourth-order valence-electron chi connectivity index (χ4n) is 1.44. The summed E-state index contributed by atoms with van der Waals surface area (Å²) in [5.41, 5.74) is 0. The predicted octanol–water partition coefficient (Wildman–Crippen LogP) is 0.931. The van der Waals surface area contributed by atoms with Gasteiger partial charge in [0.25, 0.3) is 0 Å². The molecule has 70 valence electrons. The van der Waals surface area contributed by atoms with E-state index in [9.17, 15) is 5.11 Å². The van der Waals surface area contributed by atoms with Gasteiger partial charge >= 0.3 is 0 Å². The highest BCUT2D eigenvalue weighted by Gasteiger charge is 2.39. The molecule has 1 saturated heterocycles. The molecular weight excluding hydrogens is 156 g/mol. The molecule has 1 fully saturated rings. The molecular formula is C9H16O3. The molecule has 0 spiro atoms. The zero-order valence-electron chi connectivity index (χ0n) is 7.73. The lowest BCUT2D eigenvalue weighted by atomic mass is 10.0. The summed E-state index contributed by atoms with van der Waals surface area (Å²) in [7, 11) is 1.59. The third-order valence-electron chi connectivity index (χ3n) is 2.21. The van der Waals surface area contributed by atoms with Gasteiger partial charge in [0.2, 0.25) is 0 Å². The quantitative estimate of drug-likeness (QED) is 0.630. The zero-order valence-corrected chi connectivity index (χ0v) is 7.73. The van der Waals surface area contributed by atoms with Gasteiger partial charge in [-0.25, -0.2) is 0 Å². The van der Waals surface area contributed by atoms with Crippen molar-refractivity contribution in [1.29, 1.82) is 0 Å². The van der Waals surface area contributed by atoms with Gasteiger partial charge in [0.15, 0.2) is 6.29 Å². The van der Waals surface area contributed by atoms with Gasteiger partial charge in [-0.1, -0.05) is 19.1 Å². The Kier molecular flexibility index (Phi) is 3.26. The van der Waals surface area contributed by atoms with Crippen molar-refractivity contribution < 1.29 is 14.6 Å². The van der Waals surface area contributed by atoms with Gasteiger partial charge in [-0.3, -0.25) is 0 Å². The van der Waals surface area contributed by atoms with E-state index < -0.39 is 6.10 Å². The van der Waals surface area contributed by atoms with E-state index in [1.165, 1.54) is 0 Å². The van der Waals surface area contributed by atoms with Gasteiger partial charge < -0.3 is 14.6 Å². The number of hydrogen-bond acceptors (Lipinski definition) is 3. The first-order valence-corrected chi connectivity index (χ1v) is 4.19. The van der Waals surface area contributed by atoms with Gasteiger partial charge in [-0.2, -0.15) is 0 Å². The van der Waals surface area contributed by atoms with E-state index in [0.717, 1.165) is 0 Å². The Balaban J connectivity index is 2.60. The molecule has 1 aliphatic heterocycles. The first-order chi connectivity index (χ1) is 5.70. The van der Waals surface area contributed by atoms with E-state index in [0.29, 0.717) is 0 Å². The molecule has 0 aromatic rings. The monoisotopic (exact) mass is 172 g/mol. The molecule has 0 aromatic carbocycles. The largest absolute Gasteiger partial charge is 0.390 e. The minimum atomic E-state index is -0.453. The van der Waals surface area contributed by atoms with Crippen LogP contribution < -0.4 is 0 Å². The highest BCUT2D eigenvalue weighted by Crippen LogP contribution is 2.27. The average molecular weight is 172 g/mol. The lowest BCUT2D eigenvalue weighted by Crippen LogP contribution is -2.24. The smallest absolute Gasteiger partial charge is 0.163 e. The minimum absolute atomic E-state index is 0.0381. The molecule has 0 radical (unpaired) electrons. The topological polar surface area (TPSA) is 38.7 Å². The summed E-state index contributed by atoms with van der Waals surface area (Å²) in [5, 5.41) is 9.63. The van der Waals surface area contributed by atoms with E-state index in [-0.39, 0.29) is 18.3 Å². The Morgan fingerprint density at radius 3 is 2.58 bits per heavy atom. The summed E-state index contributed by atoms with van der Waals surface area (Å²) in [4.78, 5) is 0. The first kappa shape index (κ1) is 9.71. The fourth-order valence-corrected chi connectivity index (χ4v) is 1.44. The van der Waals surface area contributed by atoms with Crippen molar-refractivity contribution in [2.75, 3.05) is 7.11 Å². The molecule has 0 bridgehead atoms. The minimum Gasteiger partial charge on any atom is -0.390 e. The summed E-state index contributed by atoms with van der Waals surface area (Å²) < 4.78 is 10.5. The second-order valence-corrected chi connectivity index (χ2v) is 3.08. The Labute approximate surface area is 73.0 Å². The summed E-state index contributed by atoms with van der Waals surface area (Å²) in [6, 6.07) is 0. The van der Waals surface area contributed by atoms with E-state index in [1.54, 1.807) is 7.11 Å². The number of methoxy groups -OCH3 is 1. The molecule has 3 heteroatoms. The van der Waals surface area contributed by atoms with Gasteiger partial charge in [-0.15, -0.1) is 0 Å². The van der Waals surface area contributed by atoms with Crippen LogP contribution in [0.1, 0.15) is 13.8 Å². The van der Waals surface area contributed by atoms with Crippen molar-refractivity contribution in [3.05, 3.63) is 12.2 Å². The van der Waals surface area contributed by atoms with E-state index in [1.807, 2.05) is 26.0 Å². The maximum Gasteiger partial charge on any atom is 0.163 e. The number of ether oxygens (including phenoxy) is 2. The molecule has 1 N–H and O–H groups in total. The Morgan fingerprint density at radius 1 is 1.50 bits per heavy atom. The standard InChI is InChI=1S/C9H16O3/c1-4-5-7-8(10)6(2)9(11-3)12-7/h4-10H,1-3H3/b5-4+/t6-,7?,8+,9?/m0/s1. The van der Waals surface area contributed by atoms with Crippen LogP contribution in [0.25, 0.3) is 0 Å². The van der Waals surface area contributed by atoms with Crippen LogP contribution in [0.4, 0.5) is 0 Å². The molecule has 1 aliphatic rings. The lowest BCUT2D eigenvalue weighted by Gasteiger charge is -2.12. The molecule has 1 heterocycles. The number of rotatable bonds is 2. The van der Waals surface area contributed by atoms with Crippen molar-refractivity contribution in [2.45, 2.75) is 32.3 Å². The van der Waals surface area contributed by atoms with E-state index in [4.69, 9.17) is 9.47 Å². The van der Waals surface area contributed by atoms with Crippen LogP contribution in [0.5, 0.6) is 0 Å². The molecule has 0 aliphatic carbocycles. The molecule has 1 rings (SSSR count). The first-order valence-electron chi connectivity index (χ1n) is 4.19. The van der Waals surface area contributed by atoms with Gasteiger partial charge in [0.1, 0.15) is 6.10 Å². The molecule has 0 amide bonds. The van der Waals surface area contributed by atoms with Gasteiger partial charge in [0.05, 0.1) is 6.10 Å². The Bertz CT molecular complexity index is 167. The van der Waals surface area contributed by atoms with Crippen molar-refractivity contribution >= 4 is 0 Å². The summed E-state index contributed by atoms with van der Waals surface area (Å²) in [5.74, 6) is 0.0381. The Morgan fingerprint density at radius 2 is 2.17 bits per heavy atom. The number of aliphatic hydroxyl groups excluding tert-OH is 1. The van der Waals surface area contributed by atoms with Crippen molar-refractivity contribution in [2.24, 2.45) is 5.92 Å². The molecule has 0 aromatic heterocycles. The normalized spacial score (nSPS) is 42.7. The molecule has 3 nitrogen and oxygen atoms in total. The highest BCUT2D eigenvalue weighted by atomic mass is 16.7. The second kappa shape index (κ2) is 4.03.